The van der Waals surface area contributed by atoms with Crippen molar-refractivity contribution >= 4 is 11.9 Å². The fourth-order valence-electron chi connectivity index (χ4n) is 4.60. The molecule has 0 aliphatic rings. The number of hydrogen-bond donors (Lipinski definition) is 2. The number of carboxylic acids is 1. The van der Waals surface area contributed by atoms with Crippen molar-refractivity contribution in [3.8, 4) is 0 Å². The Balaban J connectivity index is 1.76. The van der Waals surface area contributed by atoms with Gasteiger partial charge in [-0.1, -0.05) is 114 Å². The molecule has 0 bridgehead atoms. The van der Waals surface area contributed by atoms with Crippen molar-refractivity contribution in [2.75, 3.05) is 6.54 Å². The highest BCUT2D eigenvalue weighted by Crippen LogP contribution is 2.17. The lowest BCUT2D eigenvalue weighted by molar-refractivity contribution is -0.144. The number of unbranched alkanes of at least 4 members (excludes halogenated alkanes) is 9. The fraction of sp³-hybridized carbons (Fsp3) is 0.548. The topological polar surface area (TPSA) is 69.6 Å². The minimum atomic E-state index is -0.809. The quantitative estimate of drug-likeness (QED) is 0.203. The molecule has 0 aliphatic heterocycles. The molecular weight excluding hydrogens is 448 g/mol. The van der Waals surface area contributed by atoms with Crippen LogP contribution in [0.25, 0.3) is 0 Å². The van der Waals surface area contributed by atoms with E-state index in [2.05, 4.69) is 12.2 Å². The van der Waals surface area contributed by atoms with Crippen LogP contribution in [0.3, 0.4) is 0 Å². The molecule has 0 aromatic heterocycles. The van der Waals surface area contributed by atoms with E-state index in [-0.39, 0.29) is 5.91 Å². The molecule has 2 N–H and O–H groups in total. The lowest BCUT2D eigenvalue weighted by Gasteiger charge is -2.28. The number of hydrogen-bond acceptors (Lipinski definition) is 3. The van der Waals surface area contributed by atoms with Gasteiger partial charge in [0.1, 0.15) is 6.04 Å². The first-order valence-corrected chi connectivity index (χ1v) is 13.9. The molecule has 0 saturated carbocycles. The predicted molar refractivity (Wildman–Crippen MR) is 148 cm³/mol. The summed E-state index contributed by atoms with van der Waals surface area (Å²) in [7, 11) is 0. The van der Waals surface area contributed by atoms with E-state index in [1.807, 2.05) is 66.4 Å². The maximum atomic E-state index is 12.5. The predicted octanol–water partition coefficient (Wildman–Crippen LogP) is 7.20. The smallest absolute Gasteiger partial charge is 0.320 e. The Labute approximate surface area is 218 Å². The van der Waals surface area contributed by atoms with E-state index in [0.29, 0.717) is 31.6 Å². The molecule has 5 heteroatoms. The highest BCUT2D eigenvalue weighted by Gasteiger charge is 2.24. The lowest BCUT2D eigenvalue weighted by Crippen LogP contribution is -2.39. The monoisotopic (exact) mass is 494 g/mol. The zero-order chi connectivity index (χ0) is 26.0. The van der Waals surface area contributed by atoms with Gasteiger partial charge in [0.15, 0.2) is 0 Å². The van der Waals surface area contributed by atoms with Gasteiger partial charge in [0.25, 0.3) is 5.91 Å². The van der Waals surface area contributed by atoms with E-state index in [4.69, 9.17) is 0 Å². The van der Waals surface area contributed by atoms with Gasteiger partial charge >= 0.3 is 5.97 Å². The number of carboxylic acid groups (broad SMARTS) is 1. The molecule has 198 valence electrons. The van der Waals surface area contributed by atoms with Crippen molar-refractivity contribution < 1.29 is 14.7 Å². The fourth-order valence-corrected chi connectivity index (χ4v) is 4.60. The van der Waals surface area contributed by atoms with Crippen LogP contribution >= 0.6 is 0 Å². The van der Waals surface area contributed by atoms with Crippen LogP contribution in [0.5, 0.6) is 0 Å². The van der Waals surface area contributed by atoms with Crippen LogP contribution in [0.2, 0.25) is 0 Å². The largest absolute Gasteiger partial charge is 0.480 e. The first kappa shape index (κ1) is 29.6. The van der Waals surface area contributed by atoms with Crippen molar-refractivity contribution in [1.82, 2.24) is 10.2 Å². The number of rotatable bonds is 19. The van der Waals surface area contributed by atoms with Gasteiger partial charge in [0, 0.05) is 25.2 Å². The molecule has 1 unspecified atom stereocenters. The van der Waals surface area contributed by atoms with Crippen LogP contribution in [0.1, 0.15) is 106 Å². The Morgan fingerprint density at radius 1 is 0.750 bits per heavy atom. The molecule has 0 heterocycles. The summed E-state index contributed by atoms with van der Waals surface area (Å²) >= 11 is 0. The average Bonchev–Trinajstić information content (AvgIpc) is 2.88. The zero-order valence-corrected chi connectivity index (χ0v) is 22.4. The van der Waals surface area contributed by atoms with Gasteiger partial charge in [-0.2, -0.15) is 0 Å². The van der Waals surface area contributed by atoms with E-state index < -0.39 is 12.0 Å². The Hall–Kier alpha value is -2.66. The Morgan fingerprint density at radius 2 is 1.28 bits per heavy atom. The molecule has 1 amide bonds. The van der Waals surface area contributed by atoms with Crippen molar-refractivity contribution in [3.05, 3.63) is 71.3 Å². The van der Waals surface area contributed by atoms with Crippen molar-refractivity contribution in [2.45, 2.75) is 104 Å². The molecule has 1 atom stereocenters. The summed E-state index contributed by atoms with van der Waals surface area (Å²) in [6.45, 7) is 5.94. The highest BCUT2D eigenvalue weighted by molar-refractivity contribution is 5.94. The molecule has 2 rings (SSSR count). The van der Waals surface area contributed by atoms with E-state index in [1.165, 1.54) is 51.4 Å². The third kappa shape index (κ3) is 11.4. The molecule has 0 fully saturated rings. The summed E-state index contributed by atoms with van der Waals surface area (Å²) in [4.78, 5) is 26.4. The summed E-state index contributed by atoms with van der Waals surface area (Å²) in [6.07, 6.45) is 13.3. The number of benzene rings is 2. The summed E-state index contributed by atoms with van der Waals surface area (Å²) in [6, 6.07) is 16.9. The first-order chi connectivity index (χ1) is 17.5. The minimum absolute atomic E-state index is 0.0458. The second kappa shape index (κ2) is 17.7. The maximum Gasteiger partial charge on any atom is 0.320 e. The molecule has 0 radical (unpaired) electrons. The van der Waals surface area contributed by atoms with Crippen LogP contribution in [0.15, 0.2) is 54.6 Å². The Kier molecular flexibility index (Phi) is 14.6. The summed E-state index contributed by atoms with van der Waals surface area (Å²) in [5.74, 6) is -0.855. The molecule has 36 heavy (non-hydrogen) atoms. The Bertz CT molecular complexity index is 867. The van der Waals surface area contributed by atoms with E-state index >= 15 is 0 Å². The number of aliphatic carboxylic acids is 1. The van der Waals surface area contributed by atoms with Crippen molar-refractivity contribution in [2.24, 2.45) is 0 Å². The lowest BCUT2D eigenvalue weighted by atomic mass is 10.1. The standard InChI is InChI=1S/C31H46N2O3/c1-3-5-6-7-8-9-10-11-12-16-23-32-30(34)28-21-19-27(20-22-28)25-33(29(4-2)31(35)36)24-26-17-14-13-15-18-26/h13-15,17-22,29H,3-12,16,23-25H2,1-2H3,(H,32,34)(H,35,36). The number of nitrogens with one attached hydrogen (secondary N) is 1. The average molecular weight is 495 g/mol. The number of amides is 1. The number of carbonyl (C=O) groups excluding carboxylic acids is 1. The molecule has 2 aromatic rings. The molecule has 0 aliphatic carbocycles. The maximum absolute atomic E-state index is 12.5. The highest BCUT2D eigenvalue weighted by atomic mass is 16.4. The van der Waals surface area contributed by atoms with Gasteiger partial charge in [-0.15, -0.1) is 0 Å². The van der Waals surface area contributed by atoms with Crippen LogP contribution in [-0.2, 0) is 17.9 Å². The van der Waals surface area contributed by atoms with Gasteiger partial charge in [0.2, 0.25) is 0 Å². The van der Waals surface area contributed by atoms with Crippen LogP contribution in [0, 0.1) is 0 Å². The summed E-state index contributed by atoms with van der Waals surface area (Å²) in [5.41, 5.74) is 2.72. The molecule has 5 nitrogen and oxygen atoms in total. The second-order valence-corrected chi connectivity index (χ2v) is 9.79. The van der Waals surface area contributed by atoms with Gasteiger partial charge < -0.3 is 10.4 Å². The third-order valence-corrected chi connectivity index (χ3v) is 6.76. The van der Waals surface area contributed by atoms with Gasteiger partial charge in [-0.05, 0) is 36.1 Å². The van der Waals surface area contributed by atoms with E-state index in [0.717, 1.165) is 24.0 Å². The third-order valence-electron chi connectivity index (χ3n) is 6.76. The van der Waals surface area contributed by atoms with Crippen LogP contribution in [-0.4, -0.2) is 34.5 Å². The van der Waals surface area contributed by atoms with Crippen molar-refractivity contribution in [3.63, 3.8) is 0 Å². The van der Waals surface area contributed by atoms with E-state index in [1.54, 1.807) is 0 Å². The van der Waals surface area contributed by atoms with Gasteiger partial charge in [-0.25, -0.2) is 0 Å². The van der Waals surface area contributed by atoms with Crippen LogP contribution in [0.4, 0.5) is 0 Å². The SMILES string of the molecule is CCCCCCCCCCCCNC(=O)c1ccc(CN(Cc2ccccc2)C(CC)C(=O)O)cc1. The normalized spacial score (nSPS) is 12.0. The number of nitrogens with zero attached hydrogens (tertiary/aromatic N) is 1. The molecule has 0 saturated heterocycles. The molecule has 2 aromatic carbocycles. The Morgan fingerprint density at radius 3 is 1.81 bits per heavy atom. The number of carbonyl (C=O) groups is 2. The second-order valence-electron chi connectivity index (χ2n) is 9.79. The minimum Gasteiger partial charge on any atom is -0.480 e. The summed E-state index contributed by atoms with van der Waals surface area (Å²) in [5, 5.41) is 12.8. The summed E-state index contributed by atoms with van der Waals surface area (Å²) < 4.78 is 0. The molecular formula is C31H46N2O3. The van der Waals surface area contributed by atoms with E-state index in [9.17, 15) is 14.7 Å². The first-order valence-electron chi connectivity index (χ1n) is 13.9. The zero-order valence-electron chi connectivity index (χ0n) is 22.4. The molecule has 0 spiro atoms. The van der Waals surface area contributed by atoms with Crippen LogP contribution < -0.4 is 5.32 Å². The van der Waals surface area contributed by atoms with Gasteiger partial charge in [0.05, 0.1) is 0 Å². The van der Waals surface area contributed by atoms with Crippen molar-refractivity contribution in [1.29, 1.82) is 0 Å². The van der Waals surface area contributed by atoms with Gasteiger partial charge in [-0.3, -0.25) is 14.5 Å².